The van der Waals surface area contributed by atoms with Crippen molar-refractivity contribution in [2.24, 2.45) is 0 Å². The molecule has 0 amide bonds. The van der Waals surface area contributed by atoms with Crippen LogP contribution in [0.5, 0.6) is 5.75 Å². The molecule has 0 fully saturated rings. The highest BCUT2D eigenvalue weighted by atomic mass is 32.2. The topological polar surface area (TPSA) is 29.5 Å². The number of hydrogen-bond donors (Lipinski definition) is 0. The largest absolute Gasteiger partial charge is 0.497 e. The Hall–Kier alpha value is -1.85. The first kappa shape index (κ1) is 20.5. The summed E-state index contributed by atoms with van der Waals surface area (Å²) >= 11 is 7.21. The first-order valence-corrected chi connectivity index (χ1v) is 10.1. The third-order valence-electron chi connectivity index (χ3n) is 4.22. The minimum Gasteiger partial charge on any atom is -0.497 e. The lowest BCUT2D eigenvalue weighted by molar-refractivity contribution is 0.0982. The summed E-state index contributed by atoms with van der Waals surface area (Å²) in [5, 5.41) is -0.00102. The van der Waals surface area contributed by atoms with Crippen molar-refractivity contribution in [3.8, 4) is 5.75 Å². The molecule has 5 heteroatoms. The van der Waals surface area contributed by atoms with Crippen LogP contribution in [0.25, 0.3) is 0 Å². The second-order valence-electron chi connectivity index (χ2n) is 5.81. The summed E-state index contributed by atoms with van der Waals surface area (Å²) in [6.45, 7) is 5.93. The highest BCUT2D eigenvalue weighted by Gasteiger charge is 2.21. The summed E-state index contributed by atoms with van der Waals surface area (Å²) in [7, 11) is 1.62. The van der Waals surface area contributed by atoms with E-state index in [1.54, 1.807) is 18.9 Å². The van der Waals surface area contributed by atoms with Crippen LogP contribution in [0.3, 0.4) is 0 Å². The quantitative estimate of drug-likeness (QED) is 0.449. The number of ketones is 1. The predicted molar refractivity (Wildman–Crippen MR) is 114 cm³/mol. The van der Waals surface area contributed by atoms with Crippen LogP contribution in [-0.2, 0) is 0 Å². The Bertz CT molecular complexity index is 713. The first-order chi connectivity index (χ1) is 12.6. The van der Waals surface area contributed by atoms with Crippen LogP contribution in [0.2, 0.25) is 0 Å². The number of benzene rings is 2. The molecule has 2 rings (SSSR count). The Morgan fingerprint density at radius 1 is 1.08 bits per heavy atom. The van der Waals surface area contributed by atoms with Gasteiger partial charge in [0, 0.05) is 30.3 Å². The number of hydrogen-bond acceptors (Lipinski definition) is 4. The molecule has 0 saturated heterocycles. The molecule has 1 atom stereocenters. The Labute approximate surface area is 165 Å². The Balaban J connectivity index is 2.17. The van der Waals surface area contributed by atoms with Gasteiger partial charge in [-0.2, -0.15) is 0 Å². The van der Waals surface area contributed by atoms with Gasteiger partial charge in [0.25, 0.3) is 0 Å². The van der Waals surface area contributed by atoms with Gasteiger partial charge in [-0.1, -0.05) is 54.3 Å². The zero-order chi connectivity index (χ0) is 18.9. The van der Waals surface area contributed by atoms with Gasteiger partial charge < -0.3 is 9.64 Å². The molecule has 0 saturated carbocycles. The van der Waals surface area contributed by atoms with Gasteiger partial charge in [-0.05, 0) is 43.7 Å². The van der Waals surface area contributed by atoms with Gasteiger partial charge >= 0.3 is 0 Å². The molecule has 3 nitrogen and oxygen atoms in total. The number of thiocarbonyl (C=S) groups is 1. The van der Waals surface area contributed by atoms with Crippen molar-refractivity contribution in [3.63, 3.8) is 0 Å². The van der Waals surface area contributed by atoms with Gasteiger partial charge in [-0.3, -0.25) is 4.79 Å². The van der Waals surface area contributed by atoms with Crippen LogP contribution in [-0.4, -0.2) is 35.2 Å². The lowest BCUT2D eigenvalue weighted by atomic mass is 10.0. The molecule has 0 aromatic heterocycles. The number of ether oxygens (including phenoxy) is 1. The maximum Gasteiger partial charge on any atom is 0.164 e. The molecular weight excluding hydrogens is 362 g/mol. The van der Waals surface area contributed by atoms with Crippen LogP contribution in [0.15, 0.2) is 54.6 Å². The average molecular weight is 388 g/mol. The molecule has 138 valence electrons. The number of thioether (sulfide) groups is 1. The van der Waals surface area contributed by atoms with Crippen molar-refractivity contribution in [2.75, 3.05) is 20.2 Å². The number of methoxy groups -OCH3 is 1. The molecular formula is C21H25NO2S2. The van der Waals surface area contributed by atoms with Gasteiger partial charge in [0.05, 0.1) is 7.11 Å². The van der Waals surface area contributed by atoms with Crippen molar-refractivity contribution in [2.45, 2.75) is 25.5 Å². The van der Waals surface area contributed by atoms with Crippen molar-refractivity contribution in [3.05, 3.63) is 65.7 Å². The molecule has 1 unspecified atom stereocenters. The molecule has 2 aromatic carbocycles. The maximum absolute atomic E-state index is 12.8. The Kier molecular flexibility index (Phi) is 8.13. The van der Waals surface area contributed by atoms with Gasteiger partial charge in [-0.15, -0.1) is 0 Å². The molecule has 0 aliphatic carbocycles. The van der Waals surface area contributed by atoms with E-state index >= 15 is 0 Å². The standard InChI is InChI=1S/C21H25NO2S2/c1-4-22(5-2)21(25)26-20(17-9-7-6-8-10-17)15-19(23)16-11-13-18(24-3)14-12-16/h6-14,20H,4-5,15H2,1-3H3. The van der Waals surface area contributed by atoms with Crippen LogP contribution in [0.4, 0.5) is 0 Å². The highest BCUT2D eigenvalue weighted by Crippen LogP contribution is 2.35. The summed E-state index contributed by atoms with van der Waals surface area (Å²) in [5.41, 5.74) is 1.81. The normalized spacial score (nSPS) is 11.7. The van der Waals surface area contributed by atoms with Gasteiger partial charge in [0.2, 0.25) is 0 Å². The van der Waals surface area contributed by atoms with Crippen LogP contribution in [0.1, 0.15) is 41.4 Å². The predicted octanol–water partition coefficient (Wildman–Crippen LogP) is 5.37. The maximum atomic E-state index is 12.8. The molecule has 0 aliphatic rings. The number of rotatable bonds is 8. The SMILES string of the molecule is CCN(CC)C(=S)SC(CC(=O)c1ccc(OC)cc1)c1ccccc1. The number of nitrogens with zero attached hydrogens (tertiary/aromatic N) is 1. The minimum absolute atomic E-state index is 0.00102. The second-order valence-corrected chi connectivity index (χ2v) is 7.65. The smallest absolute Gasteiger partial charge is 0.164 e. The molecule has 0 spiro atoms. The van der Waals surface area contributed by atoms with Gasteiger partial charge in [0.15, 0.2) is 5.78 Å². The second kappa shape index (κ2) is 10.3. The molecule has 0 heterocycles. The molecule has 0 aliphatic heterocycles. The molecule has 0 bridgehead atoms. The minimum atomic E-state index is -0.00102. The summed E-state index contributed by atoms with van der Waals surface area (Å²) in [6.07, 6.45) is 0.405. The molecule has 26 heavy (non-hydrogen) atoms. The fourth-order valence-corrected chi connectivity index (χ4v) is 4.42. The Morgan fingerprint density at radius 3 is 2.23 bits per heavy atom. The summed E-state index contributed by atoms with van der Waals surface area (Å²) in [4.78, 5) is 15.0. The molecule has 2 aromatic rings. The Morgan fingerprint density at radius 2 is 1.69 bits per heavy atom. The summed E-state index contributed by atoms with van der Waals surface area (Å²) < 4.78 is 6.00. The highest BCUT2D eigenvalue weighted by molar-refractivity contribution is 8.23. The van der Waals surface area contributed by atoms with E-state index in [2.05, 4.69) is 30.9 Å². The number of carbonyl (C=O) groups excluding carboxylic acids is 1. The van der Waals surface area contributed by atoms with E-state index < -0.39 is 0 Å². The number of Topliss-reactive ketones (excluding diaryl/α,β-unsaturated/α-hetero) is 1. The van der Waals surface area contributed by atoms with Gasteiger partial charge in [-0.25, -0.2) is 0 Å². The van der Waals surface area contributed by atoms with E-state index in [4.69, 9.17) is 17.0 Å². The van der Waals surface area contributed by atoms with E-state index in [1.807, 2.05) is 42.5 Å². The lowest BCUT2D eigenvalue weighted by Gasteiger charge is -2.25. The van der Waals surface area contributed by atoms with Crippen molar-refractivity contribution in [1.82, 2.24) is 4.90 Å². The van der Waals surface area contributed by atoms with E-state index in [0.717, 1.165) is 28.7 Å². The van der Waals surface area contributed by atoms with E-state index in [0.29, 0.717) is 12.0 Å². The van der Waals surface area contributed by atoms with Gasteiger partial charge in [0.1, 0.15) is 10.1 Å². The fraction of sp³-hybridized carbons (Fsp3) is 0.333. The number of carbonyl (C=O) groups is 1. The van der Waals surface area contributed by atoms with Crippen molar-refractivity contribution >= 4 is 34.1 Å². The molecule has 0 N–H and O–H groups in total. The third-order valence-corrected chi connectivity index (χ3v) is 5.95. The molecule has 0 radical (unpaired) electrons. The first-order valence-electron chi connectivity index (χ1n) is 8.76. The lowest BCUT2D eigenvalue weighted by Crippen LogP contribution is -2.27. The zero-order valence-corrected chi connectivity index (χ0v) is 17.1. The van der Waals surface area contributed by atoms with E-state index in [9.17, 15) is 4.79 Å². The van der Waals surface area contributed by atoms with Crippen molar-refractivity contribution in [1.29, 1.82) is 0 Å². The summed E-state index contributed by atoms with van der Waals surface area (Å²) in [6, 6.07) is 17.4. The summed E-state index contributed by atoms with van der Waals surface area (Å²) in [5.74, 6) is 0.856. The van der Waals surface area contributed by atoms with Crippen molar-refractivity contribution < 1.29 is 9.53 Å². The van der Waals surface area contributed by atoms with Crippen LogP contribution in [0, 0.1) is 0 Å². The van der Waals surface area contributed by atoms with E-state index in [-0.39, 0.29) is 11.0 Å². The monoisotopic (exact) mass is 387 g/mol. The third kappa shape index (κ3) is 5.58. The fourth-order valence-electron chi connectivity index (χ4n) is 2.64. The zero-order valence-electron chi connectivity index (χ0n) is 15.5. The average Bonchev–Trinajstić information content (AvgIpc) is 2.69. The van der Waals surface area contributed by atoms with Crippen LogP contribution < -0.4 is 4.74 Å². The van der Waals surface area contributed by atoms with Crippen LogP contribution >= 0.6 is 24.0 Å². The van der Waals surface area contributed by atoms with E-state index in [1.165, 1.54) is 0 Å².